The van der Waals surface area contributed by atoms with Gasteiger partial charge in [-0.1, -0.05) is 0 Å². The Morgan fingerprint density at radius 2 is 2.12 bits per heavy atom. The minimum atomic E-state index is 0.0806. The van der Waals surface area contributed by atoms with Crippen LogP contribution in [0.3, 0.4) is 0 Å². The predicted octanol–water partition coefficient (Wildman–Crippen LogP) is 1.48. The average molecular weight is 252 g/mol. The van der Waals surface area contributed by atoms with E-state index in [1.807, 2.05) is 23.9 Å². The van der Waals surface area contributed by atoms with Gasteiger partial charge in [0.05, 0.1) is 25.1 Å². The summed E-state index contributed by atoms with van der Waals surface area (Å²) in [5, 5.41) is 7.92. The maximum absolute atomic E-state index is 7.27. The molecule has 5 heteroatoms. The zero-order chi connectivity index (χ0) is 12.1. The summed E-state index contributed by atoms with van der Waals surface area (Å²) in [5.74, 6) is 1.88. The van der Waals surface area contributed by atoms with Crippen LogP contribution in [0.1, 0.15) is 5.56 Å². The van der Waals surface area contributed by atoms with E-state index in [1.54, 1.807) is 12.1 Å². The van der Waals surface area contributed by atoms with Crippen molar-refractivity contribution in [2.75, 3.05) is 25.6 Å². The monoisotopic (exact) mass is 252 g/mol. The van der Waals surface area contributed by atoms with Crippen LogP contribution < -0.4 is 10.5 Å². The molecule has 0 saturated carbocycles. The fourth-order valence-corrected chi connectivity index (χ4v) is 2.31. The van der Waals surface area contributed by atoms with E-state index in [1.165, 1.54) is 0 Å². The minimum Gasteiger partial charge on any atom is -0.493 e. The Bertz CT molecular complexity index is 377. The highest BCUT2D eigenvalue weighted by molar-refractivity contribution is 8.00. The van der Waals surface area contributed by atoms with Crippen molar-refractivity contribution in [2.24, 2.45) is 5.73 Å². The quantitative estimate of drug-likeness (QED) is 0.457. The number of rotatable bonds is 6. The maximum Gasteiger partial charge on any atom is 0.122 e. The largest absolute Gasteiger partial charge is 0.493 e. The fourth-order valence-electron chi connectivity index (χ4n) is 1.42. The first-order valence-electron chi connectivity index (χ1n) is 5.52. The van der Waals surface area contributed by atoms with E-state index in [0.29, 0.717) is 11.9 Å². The number of nitrogens with one attached hydrogen (secondary N) is 1. The van der Waals surface area contributed by atoms with E-state index in [2.05, 4.69) is 0 Å². The van der Waals surface area contributed by atoms with Crippen LogP contribution in [-0.4, -0.2) is 36.7 Å². The molecule has 1 aromatic carbocycles. The van der Waals surface area contributed by atoms with E-state index in [0.717, 1.165) is 30.3 Å². The second-order valence-electron chi connectivity index (χ2n) is 3.82. The highest BCUT2D eigenvalue weighted by atomic mass is 32.2. The SMILES string of the molecule is N=C(N)c1ccc(OCCSC2COC2)cc1. The van der Waals surface area contributed by atoms with Gasteiger partial charge in [0.25, 0.3) is 0 Å². The molecule has 0 atom stereocenters. The Balaban J connectivity index is 1.69. The summed E-state index contributed by atoms with van der Waals surface area (Å²) in [4.78, 5) is 0. The van der Waals surface area contributed by atoms with Crippen LogP contribution >= 0.6 is 11.8 Å². The molecule has 17 heavy (non-hydrogen) atoms. The summed E-state index contributed by atoms with van der Waals surface area (Å²) < 4.78 is 10.7. The molecule has 0 unspecified atom stereocenters. The van der Waals surface area contributed by atoms with Crippen molar-refractivity contribution in [3.8, 4) is 5.75 Å². The summed E-state index contributed by atoms with van der Waals surface area (Å²) in [7, 11) is 0. The van der Waals surface area contributed by atoms with Crippen LogP contribution in [-0.2, 0) is 4.74 Å². The number of benzene rings is 1. The summed E-state index contributed by atoms with van der Waals surface area (Å²) >= 11 is 1.89. The van der Waals surface area contributed by atoms with Crippen LogP contribution in [0.5, 0.6) is 5.75 Å². The zero-order valence-electron chi connectivity index (χ0n) is 9.52. The zero-order valence-corrected chi connectivity index (χ0v) is 10.3. The van der Waals surface area contributed by atoms with Crippen LogP contribution in [0.25, 0.3) is 0 Å². The predicted molar refractivity (Wildman–Crippen MR) is 70.0 cm³/mol. The van der Waals surface area contributed by atoms with E-state index < -0.39 is 0 Å². The van der Waals surface area contributed by atoms with Gasteiger partial charge in [0, 0.05) is 11.3 Å². The van der Waals surface area contributed by atoms with Gasteiger partial charge in [0.2, 0.25) is 0 Å². The molecule has 3 N–H and O–H groups in total. The normalized spacial score (nSPS) is 15.3. The van der Waals surface area contributed by atoms with Gasteiger partial charge >= 0.3 is 0 Å². The van der Waals surface area contributed by atoms with Gasteiger partial charge in [-0.05, 0) is 24.3 Å². The van der Waals surface area contributed by atoms with Crippen molar-refractivity contribution in [1.82, 2.24) is 0 Å². The summed E-state index contributed by atoms with van der Waals surface area (Å²) in [6.07, 6.45) is 0. The van der Waals surface area contributed by atoms with Gasteiger partial charge in [0.1, 0.15) is 11.6 Å². The molecule has 0 bridgehead atoms. The topological polar surface area (TPSA) is 68.3 Å². The highest BCUT2D eigenvalue weighted by Gasteiger charge is 2.17. The van der Waals surface area contributed by atoms with Crippen molar-refractivity contribution in [3.63, 3.8) is 0 Å². The van der Waals surface area contributed by atoms with Crippen LogP contribution in [0.2, 0.25) is 0 Å². The Morgan fingerprint density at radius 1 is 1.41 bits per heavy atom. The van der Waals surface area contributed by atoms with Crippen molar-refractivity contribution >= 4 is 17.6 Å². The van der Waals surface area contributed by atoms with Crippen LogP contribution in [0.15, 0.2) is 24.3 Å². The third kappa shape index (κ3) is 3.64. The standard InChI is InChI=1S/C12H16N2O2S/c13-12(14)9-1-3-10(4-2-9)16-5-6-17-11-7-15-8-11/h1-4,11H,5-8H2,(H3,13,14). The number of nitrogen functional groups attached to an aromatic ring is 1. The van der Waals surface area contributed by atoms with E-state index in [9.17, 15) is 0 Å². The van der Waals surface area contributed by atoms with Gasteiger partial charge in [-0.15, -0.1) is 0 Å². The first-order chi connectivity index (χ1) is 8.25. The molecule has 1 aliphatic heterocycles. The number of ether oxygens (including phenoxy) is 2. The van der Waals surface area contributed by atoms with Gasteiger partial charge in [-0.25, -0.2) is 0 Å². The lowest BCUT2D eigenvalue weighted by Gasteiger charge is -2.25. The lowest BCUT2D eigenvalue weighted by atomic mass is 10.2. The number of hydrogen-bond donors (Lipinski definition) is 2. The molecule has 0 aliphatic carbocycles. The minimum absolute atomic E-state index is 0.0806. The molecule has 0 radical (unpaired) electrons. The van der Waals surface area contributed by atoms with E-state index in [4.69, 9.17) is 20.6 Å². The summed E-state index contributed by atoms with van der Waals surface area (Å²) in [5.41, 5.74) is 6.09. The van der Waals surface area contributed by atoms with Crippen molar-refractivity contribution in [2.45, 2.75) is 5.25 Å². The van der Waals surface area contributed by atoms with Gasteiger partial charge in [-0.3, -0.25) is 5.41 Å². The molecule has 0 spiro atoms. The van der Waals surface area contributed by atoms with Crippen molar-refractivity contribution in [3.05, 3.63) is 29.8 Å². The van der Waals surface area contributed by atoms with E-state index in [-0.39, 0.29) is 5.84 Å². The van der Waals surface area contributed by atoms with Gasteiger partial charge in [-0.2, -0.15) is 11.8 Å². The number of nitrogens with two attached hydrogens (primary N) is 1. The molecule has 92 valence electrons. The molecule has 4 nitrogen and oxygen atoms in total. The molecule has 0 amide bonds. The molecular formula is C12H16N2O2S. The third-order valence-corrected chi connectivity index (χ3v) is 3.62. The summed E-state index contributed by atoms with van der Waals surface area (Å²) in [6.45, 7) is 2.44. The lowest BCUT2D eigenvalue weighted by Crippen LogP contribution is -2.31. The molecule has 1 fully saturated rings. The van der Waals surface area contributed by atoms with Crippen molar-refractivity contribution in [1.29, 1.82) is 5.41 Å². The smallest absolute Gasteiger partial charge is 0.122 e. The van der Waals surface area contributed by atoms with Crippen molar-refractivity contribution < 1.29 is 9.47 Å². The number of thioether (sulfide) groups is 1. The first-order valence-corrected chi connectivity index (χ1v) is 6.57. The van der Waals surface area contributed by atoms with E-state index >= 15 is 0 Å². The third-order valence-electron chi connectivity index (χ3n) is 2.48. The maximum atomic E-state index is 7.27. The highest BCUT2D eigenvalue weighted by Crippen LogP contribution is 2.19. The Hall–Kier alpha value is -1.20. The Labute approximate surface area is 105 Å². The molecule has 1 aliphatic rings. The molecule has 1 saturated heterocycles. The van der Waals surface area contributed by atoms with Crippen LogP contribution in [0.4, 0.5) is 0 Å². The van der Waals surface area contributed by atoms with Gasteiger partial charge < -0.3 is 15.2 Å². The molecular weight excluding hydrogens is 236 g/mol. The first kappa shape index (κ1) is 12.3. The second kappa shape index (κ2) is 5.93. The average Bonchev–Trinajstić information content (AvgIpc) is 2.27. The lowest BCUT2D eigenvalue weighted by molar-refractivity contribution is 0.0454. The Morgan fingerprint density at radius 3 is 2.65 bits per heavy atom. The molecule has 2 rings (SSSR count). The number of hydrogen-bond acceptors (Lipinski definition) is 4. The molecule has 0 aromatic heterocycles. The molecule has 1 heterocycles. The number of amidine groups is 1. The van der Waals surface area contributed by atoms with Gasteiger partial charge in [0.15, 0.2) is 0 Å². The van der Waals surface area contributed by atoms with Crippen LogP contribution in [0, 0.1) is 5.41 Å². The summed E-state index contributed by atoms with van der Waals surface area (Å²) in [6, 6.07) is 7.27. The second-order valence-corrected chi connectivity index (χ2v) is 5.23. The molecule has 1 aromatic rings. The fraction of sp³-hybridized carbons (Fsp3) is 0.417. The Kier molecular flexibility index (Phi) is 4.28.